The molecule has 4 nitrogen and oxygen atoms in total. The van der Waals surface area contributed by atoms with Gasteiger partial charge in [0.1, 0.15) is 0 Å². The van der Waals surface area contributed by atoms with Crippen LogP contribution in [0, 0.1) is 13.8 Å². The summed E-state index contributed by atoms with van der Waals surface area (Å²) in [6.45, 7) is 5.61. The van der Waals surface area contributed by atoms with Crippen molar-refractivity contribution in [1.29, 1.82) is 0 Å². The molecule has 4 heteroatoms. The Kier molecular flexibility index (Phi) is 1.93. The molecule has 1 aliphatic rings. The standard InChI is InChI=1S/C10H13N3O/c1-6-4-9-10(5-7(6)2)13(8(3)14)12-11-9/h4-5,11-12H,1-3H3. The lowest BCUT2D eigenvalue weighted by Crippen LogP contribution is -2.39. The minimum Gasteiger partial charge on any atom is -0.301 e. The number of nitrogens with one attached hydrogen (secondary N) is 2. The number of hydrogen-bond acceptors (Lipinski definition) is 3. The van der Waals surface area contributed by atoms with Crippen LogP contribution in [0.5, 0.6) is 0 Å². The monoisotopic (exact) mass is 191 g/mol. The predicted molar refractivity (Wildman–Crippen MR) is 55.8 cm³/mol. The average molecular weight is 191 g/mol. The Morgan fingerprint density at radius 1 is 1.29 bits per heavy atom. The summed E-state index contributed by atoms with van der Waals surface area (Å²) >= 11 is 0. The van der Waals surface area contributed by atoms with Crippen molar-refractivity contribution in [3.05, 3.63) is 23.3 Å². The SMILES string of the molecule is CC(=O)N1NNc2cc(C)c(C)cc21. The van der Waals surface area contributed by atoms with Crippen LogP contribution < -0.4 is 16.0 Å². The van der Waals surface area contributed by atoms with Gasteiger partial charge in [-0.05, 0) is 37.1 Å². The first kappa shape index (κ1) is 9.02. The van der Waals surface area contributed by atoms with Crippen LogP contribution in [0.2, 0.25) is 0 Å². The molecule has 1 amide bonds. The summed E-state index contributed by atoms with van der Waals surface area (Å²) in [5.41, 5.74) is 9.99. The van der Waals surface area contributed by atoms with Crippen molar-refractivity contribution < 1.29 is 4.79 Å². The number of amides is 1. The van der Waals surface area contributed by atoms with E-state index >= 15 is 0 Å². The van der Waals surface area contributed by atoms with Crippen LogP contribution in [0.3, 0.4) is 0 Å². The molecule has 14 heavy (non-hydrogen) atoms. The van der Waals surface area contributed by atoms with Crippen molar-refractivity contribution in [2.45, 2.75) is 20.8 Å². The van der Waals surface area contributed by atoms with Gasteiger partial charge >= 0.3 is 0 Å². The first-order chi connectivity index (χ1) is 6.59. The molecule has 0 bridgehead atoms. The Bertz CT molecular complexity index is 401. The van der Waals surface area contributed by atoms with E-state index in [1.54, 1.807) is 0 Å². The van der Waals surface area contributed by atoms with E-state index in [9.17, 15) is 4.79 Å². The van der Waals surface area contributed by atoms with Gasteiger partial charge in [0.05, 0.1) is 11.4 Å². The summed E-state index contributed by atoms with van der Waals surface area (Å²) in [5.74, 6) is -0.0282. The van der Waals surface area contributed by atoms with Crippen molar-refractivity contribution in [2.75, 3.05) is 10.4 Å². The van der Waals surface area contributed by atoms with E-state index in [0.29, 0.717) is 0 Å². The highest BCUT2D eigenvalue weighted by atomic mass is 16.2. The van der Waals surface area contributed by atoms with Crippen LogP contribution in [0.15, 0.2) is 12.1 Å². The Labute approximate surface area is 82.8 Å². The van der Waals surface area contributed by atoms with Gasteiger partial charge in [-0.25, -0.2) is 5.01 Å². The normalized spacial score (nSPS) is 13.8. The first-order valence-corrected chi connectivity index (χ1v) is 4.53. The quantitative estimate of drug-likeness (QED) is 0.653. The molecular formula is C10H13N3O. The predicted octanol–water partition coefficient (Wildman–Crippen LogP) is 1.50. The van der Waals surface area contributed by atoms with Crippen LogP contribution in [-0.4, -0.2) is 5.91 Å². The molecule has 0 aromatic heterocycles. The fourth-order valence-electron chi connectivity index (χ4n) is 1.51. The zero-order chi connectivity index (χ0) is 10.3. The number of carbonyl (C=O) groups is 1. The smallest absolute Gasteiger partial charge is 0.239 e. The number of hydrazine groups is 2. The lowest BCUT2D eigenvalue weighted by Gasteiger charge is -2.13. The van der Waals surface area contributed by atoms with E-state index < -0.39 is 0 Å². The van der Waals surface area contributed by atoms with Crippen molar-refractivity contribution >= 4 is 17.3 Å². The fourth-order valence-corrected chi connectivity index (χ4v) is 1.51. The Morgan fingerprint density at radius 3 is 2.57 bits per heavy atom. The maximum atomic E-state index is 11.2. The molecule has 0 aliphatic carbocycles. The van der Waals surface area contributed by atoms with Crippen LogP contribution in [0.25, 0.3) is 0 Å². The molecule has 0 radical (unpaired) electrons. The average Bonchev–Trinajstić information content (AvgIpc) is 2.48. The van der Waals surface area contributed by atoms with Gasteiger partial charge in [-0.1, -0.05) is 0 Å². The molecule has 0 unspecified atom stereocenters. The zero-order valence-electron chi connectivity index (χ0n) is 8.51. The van der Waals surface area contributed by atoms with E-state index in [-0.39, 0.29) is 5.91 Å². The van der Waals surface area contributed by atoms with Crippen molar-refractivity contribution in [3.8, 4) is 0 Å². The maximum absolute atomic E-state index is 11.2. The van der Waals surface area contributed by atoms with Gasteiger partial charge in [0.2, 0.25) is 5.91 Å². The van der Waals surface area contributed by atoms with Gasteiger partial charge in [0.25, 0.3) is 0 Å². The van der Waals surface area contributed by atoms with E-state index in [4.69, 9.17) is 0 Å². The van der Waals surface area contributed by atoms with Crippen molar-refractivity contribution in [2.24, 2.45) is 0 Å². The summed E-state index contributed by atoms with van der Waals surface area (Å²) < 4.78 is 0. The summed E-state index contributed by atoms with van der Waals surface area (Å²) in [4.78, 5) is 11.2. The largest absolute Gasteiger partial charge is 0.301 e. The van der Waals surface area contributed by atoms with Crippen LogP contribution in [0.4, 0.5) is 11.4 Å². The third kappa shape index (κ3) is 1.24. The third-order valence-electron chi connectivity index (χ3n) is 2.47. The van der Waals surface area contributed by atoms with Crippen LogP contribution in [0.1, 0.15) is 18.1 Å². The molecule has 1 aromatic carbocycles. The second kappa shape index (κ2) is 2.99. The molecule has 1 aromatic rings. The number of rotatable bonds is 0. The van der Waals surface area contributed by atoms with E-state index in [1.165, 1.54) is 23.1 Å². The van der Waals surface area contributed by atoms with Gasteiger partial charge in [0.15, 0.2) is 0 Å². The van der Waals surface area contributed by atoms with Crippen LogP contribution >= 0.6 is 0 Å². The van der Waals surface area contributed by atoms with Crippen molar-refractivity contribution in [3.63, 3.8) is 0 Å². The molecule has 0 spiro atoms. The van der Waals surface area contributed by atoms with E-state index in [1.807, 2.05) is 26.0 Å². The molecule has 0 fully saturated rings. The lowest BCUT2D eigenvalue weighted by atomic mass is 10.1. The summed E-state index contributed by atoms with van der Waals surface area (Å²) in [5, 5.41) is 1.50. The summed E-state index contributed by atoms with van der Waals surface area (Å²) in [6, 6.07) is 4.03. The zero-order valence-corrected chi connectivity index (χ0v) is 8.51. The number of fused-ring (bicyclic) bond motifs is 1. The molecular weight excluding hydrogens is 178 g/mol. The molecule has 0 atom stereocenters. The van der Waals surface area contributed by atoms with Gasteiger partial charge < -0.3 is 5.43 Å². The third-order valence-corrected chi connectivity index (χ3v) is 2.47. The van der Waals surface area contributed by atoms with Gasteiger partial charge in [-0.3, -0.25) is 4.79 Å². The fraction of sp³-hybridized carbons (Fsp3) is 0.300. The minimum absolute atomic E-state index is 0.0282. The number of anilines is 2. The second-order valence-corrected chi connectivity index (χ2v) is 3.54. The number of benzene rings is 1. The molecule has 74 valence electrons. The van der Waals surface area contributed by atoms with Gasteiger partial charge in [-0.2, -0.15) is 0 Å². The number of carbonyl (C=O) groups excluding carboxylic acids is 1. The first-order valence-electron chi connectivity index (χ1n) is 4.53. The summed E-state index contributed by atoms with van der Waals surface area (Å²) in [6.07, 6.45) is 0. The molecule has 1 aliphatic heterocycles. The Hall–Kier alpha value is -1.55. The lowest BCUT2D eigenvalue weighted by molar-refractivity contribution is -0.117. The highest BCUT2D eigenvalue weighted by Crippen LogP contribution is 2.31. The van der Waals surface area contributed by atoms with E-state index in [0.717, 1.165) is 11.4 Å². The number of hydrogen-bond donors (Lipinski definition) is 2. The molecule has 2 rings (SSSR count). The number of aryl methyl sites for hydroxylation is 2. The Morgan fingerprint density at radius 2 is 1.93 bits per heavy atom. The topological polar surface area (TPSA) is 44.4 Å². The minimum atomic E-state index is -0.0282. The van der Waals surface area contributed by atoms with Gasteiger partial charge in [-0.15, -0.1) is 5.53 Å². The van der Waals surface area contributed by atoms with E-state index in [2.05, 4.69) is 11.0 Å². The molecule has 1 heterocycles. The highest BCUT2D eigenvalue weighted by molar-refractivity contribution is 5.96. The summed E-state index contributed by atoms with van der Waals surface area (Å²) in [7, 11) is 0. The maximum Gasteiger partial charge on any atom is 0.239 e. The van der Waals surface area contributed by atoms with Crippen LogP contribution in [-0.2, 0) is 4.79 Å². The molecule has 2 N–H and O–H groups in total. The molecule has 0 saturated carbocycles. The Balaban J connectivity index is 2.50. The highest BCUT2D eigenvalue weighted by Gasteiger charge is 2.21. The van der Waals surface area contributed by atoms with Crippen molar-refractivity contribution in [1.82, 2.24) is 5.53 Å². The second-order valence-electron chi connectivity index (χ2n) is 3.54. The van der Waals surface area contributed by atoms with Gasteiger partial charge in [0, 0.05) is 6.92 Å². The molecule has 0 saturated heterocycles. The number of nitrogens with zero attached hydrogens (tertiary/aromatic N) is 1.